The molecule has 1 unspecified atom stereocenters. The van der Waals surface area contributed by atoms with E-state index in [2.05, 4.69) is 5.32 Å². The Morgan fingerprint density at radius 2 is 1.76 bits per heavy atom. The Balaban J connectivity index is 1.81. The summed E-state index contributed by atoms with van der Waals surface area (Å²) in [5, 5.41) is 12.2. The Morgan fingerprint density at radius 3 is 2.36 bits per heavy atom. The number of amides is 1. The minimum absolute atomic E-state index is 0.0337. The molecule has 2 aromatic rings. The third kappa shape index (κ3) is 6.47. The molecule has 0 bridgehead atoms. The summed E-state index contributed by atoms with van der Waals surface area (Å²) in [6, 6.07) is 14.3. The lowest BCUT2D eigenvalue weighted by atomic mass is 10.1. The number of benzene rings is 2. The topological polar surface area (TPSA) is 75.6 Å². The van der Waals surface area contributed by atoms with Crippen molar-refractivity contribution in [2.45, 2.75) is 25.8 Å². The maximum Gasteiger partial charge on any atom is 0.341 e. The van der Waals surface area contributed by atoms with E-state index in [1.54, 1.807) is 24.3 Å². The normalized spacial score (nSPS) is 11.6. The zero-order valence-corrected chi connectivity index (χ0v) is 14.6. The molecule has 2 N–H and O–H groups in total. The van der Waals surface area contributed by atoms with Crippen LogP contribution in [0, 0.1) is 0 Å². The van der Waals surface area contributed by atoms with Crippen LogP contribution >= 0.6 is 11.6 Å². The number of carbonyl (C=O) groups is 2. The van der Waals surface area contributed by atoms with Crippen molar-refractivity contribution in [1.82, 2.24) is 5.32 Å². The van der Waals surface area contributed by atoms with Gasteiger partial charge in [-0.1, -0.05) is 35.9 Å². The van der Waals surface area contributed by atoms with Crippen LogP contribution in [0.5, 0.6) is 5.75 Å². The summed E-state index contributed by atoms with van der Waals surface area (Å²) in [4.78, 5) is 22.6. The monoisotopic (exact) mass is 361 g/mol. The Morgan fingerprint density at radius 1 is 1.12 bits per heavy atom. The van der Waals surface area contributed by atoms with Gasteiger partial charge in [0, 0.05) is 11.4 Å². The molecular formula is C19H20ClNO4. The van der Waals surface area contributed by atoms with Crippen LogP contribution in [-0.4, -0.2) is 23.6 Å². The zero-order valence-electron chi connectivity index (χ0n) is 13.9. The van der Waals surface area contributed by atoms with Crippen molar-refractivity contribution in [2.24, 2.45) is 0 Å². The van der Waals surface area contributed by atoms with Gasteiger partial charge in [-0.3, -0.25) is 4.79 Å². The first kappa shape index (κ1) is 18.8. The van der Waals surface area contributed by atoms with Gasteiger partial charge in [-0.05, 0) is 48.7 Å². The molecule has 2 aromatic carbocycles. The minimum atomic E-state index is -1.02. The number of hydrogen-bond acceptors (Lipinski definition) is 3. The molecule has 0 aliphatic rings. The quantitative estimate of drug-likeness (QED) is 0.753. The van der Waals surface area contributed by atoms with Crippen molar-refractivity contribution in [3.63, 3.8) is 0 Å². The fourth-order valence-corrected chi connectivity index (χ4v) is 2.43. The highest BCUT2D eigenvalue weighted by atomic mass is 35.5. The Bertz CT molecular complexity index is 713. The van der Waals surface area contributed by atoms with Crippen molar-refractivity contribution >= 4 is 23.5 Å². The number of nitrogens with one attached hydrogen (secondary N) is 1. The summed E-state index contributed by atoms with van der Waals surface area (Å²) in [6.07, 6.45) is 1.05. The second-order valence-corrected chi connectivity index (χ2v) is 6.10. The number of carbonyl (C=O) groups excluding carboxylic acids is 1. The predicted octanol–water partition coefficient (Wildman–Crippen LogP) is 3.61. The van der Waals surface area contributed by atoms with E-state index in [1.807, 2.05) is 31.2 Å². The van der Waals surface area contributed by atoms with E-state index in [0.29, 0.717) is 23.6 Å². The van der Waals surface area contributed by atoms with Gasteiger partial charge in [0.15, 0.2) is 6.61 Å². The maximum absolute atomic E-state index is 12.1. The summed E-state index contributed by atoms with van der Waals surface area (Å²) >= 11 is 5.84. The fraction of sp³-hybridized carbons (Fsp3) is 0.263. The van der Waals surface area contributed by atoms with Crippen LogP contribution in [0.4, 0.5) is 0 Å². The van der Waals surface area contributed by atoms with Gasteiger partial charge in [0.1, 0.15) is 5.75 Å². The average Bonchev–Trinajstić information content (AvgIpc) is 2.60. The van der Waals surface area contributed by atoms with Crippen LogP contribution in [0.15, 0.2) is 48.5 Å². The zero-order chi connectivity index (χ0) is 18.2. The van der Waals surface area contributed by atoms with Crippen molar-refractivity contribution in [1.29, 1.82) is 0 Å². The SMILES string of the molecule is CC(NC(=O)CCc1ccc(Cl)cc1)c1ccc(OCC(=O)O)cc1. The van der Waals surface area contributed by atoms with Crippen molar-refractivity contribution < 1.29 is 19.4 Å². The van der Waals surface area contributed by atoms with E-state index in [4.69, 9.17) is 21.4 Å². The number of carboxylic acids is 1. The van der Waals surface area contributed by atoms with E-state index in [0.717, 1.165) is 11.1 Å². The van der Waals surface area contributed by atoms with Gasteiger partial charge in [-0.2, -0.15) is 0 Å². The summed E-state index contributed by atoms with van der Waals surface area (Å²) < 4.78 is 5.08. The van der Waals surface area contributed by atoms with Gasteiger partial charge in [0.2, 0.25) is 5.91 Å². The van der Waals surface area contributed by atoms with Crippen molar-refractivity contribution in [2.75, 3.05) is 6.61 Å². The number of aryl methyl sites for hydroxylation is 1. The highest BCUT2D eigenvalue weighted by molar-refractivity contribution is 6.30. The number of ether oxygens (including phenoxy) is 1. The van der Waals surface area contributed by atoms with Gasteiger partial charge in [0.25, 0.3) is 0 Å². The molecule has 25 heavy (non-hydrogen) atoms. The predicted molar refractivity (Wildman–Crippen MR) is 95.9 cm³/mol. The van der Waals surface area contributed by atoms with Crippen LogP contribution in [0.1, 0.15) is 30.5 Å². The Hall–Kier alpha value is -2.53. The van der Waals surface area contributed by atoms with Gasteiger partial charge in [0.05, 0.1) is 6.04 Å². The lowest BCUT2D eigenvalue weighted by Gasteiger charge is -2.15. The van der Waals surface area contributed by atoms with Gasteiger partial charge in [-0.25, -0.2) is 4.79 Å². The molecule has 6 heteroatoms. The minimum Gasteiger partial charge on any atom is -0.482 e. The summed E-state index contributed by atoms with van der Waals surface area (Å²) in [5.41, 5.74) is 1.98. The van der Waals surface area contributed by atoms with E-state index in [-0.39, 0.29) is 18.6 Å². The average molecular weight is 362 g/mol. The second kappa shape index (κ2) is 9.08. The smallest absolute Gasteiger partial charge is 0.341 e. The van der Waals surface area contributed by atoms with Gasteiger partial charge < -0.3 is 15.2 Å². The molecule has 0 aliphatic heterocycles. The molecule has 0 spiro atoms. The fourth-order valence-electron chi connectivity index (χ4n) is 2.30. The number of rotatable bonds is 8. The van der Waals surface area contributed by atoms with Gasteiger partial charge in [-0.15, -0.1) is 0 Å². The molecule has 0 saturated heterocycles. The largest absolute Gasteiger partial charge is 0.482 e. The van der Waals surface area contributed by atoms with E-state index in [1.165, 1.54) is 0 Å². The summed E-state index contributed by atoms with van der Waals surface area (Å²) in [5.74, 6) is -0.577. The van der Waals surface area contributed by atoms with Crippen LogP contribution in [0.3, 0.4) is 0 Å². The standard InChI is InChI=1S/C19H20ClNO4/c1-13(15-5-9-17(10-6-15)25-12-19(23)24)21-18(22)11-4-14-2-7-16(20)8-3-14/h2-3,5-10,13H,4,11-12H2,1H3,(H,21,22)(H,23,24). The first-order chi connectivity index (χ1) is 11.9. The molecular weight excluding hydrogens is 342 g/mol. The number of halogens is 1. The number of hydrogen-bond donors (Lipinski definition) is 2. The van der Waals surface area contributed by atoms with E-state index < -0.39 is 5.97 Å². The van der Waals surface area contributed by atoms with Crippen molar-refractivity contribution in [3.8, 4) is 5.75 Å². The molecule has 0 radical (unpaired) electrons. The molecule has 5 nitrogen and oxygen atoms in total. The molecule has 1 amide bonds. The Kier molecular flexibility index (Phi) is 6.83. The van der Waals surface area contributed by atoms with Crippen LogP contribution < -0.4 is 10.1 Å². The van der Waals surface area contributed by atoms with Crippen LogP contribution in [0.2, 0.25) is 5.02 Å². The molecule has 1 atom stereocenters. The maximum atomic E-state index is 12.1. The number of carboxylic acid groups (broad SMARTS) is 1. The highest BCUT2D eigenvalue weighted by Gasteiger charge is 2.10. The summed E-state index contributed by atoms with van der Waals surface area (Å²) in [7, 11) is 0. The molecule has 0 saturated carbocycles. The molecule has 132 valence electrons. The third-order valence-electron chi connectivity index (χ3n) is 3.67. The van der Waals surface area contributed by atoms with E-state index >= 15 is 0 Å². The first-order valence-corrected chi connectivity index (χ1v) is 8.30. The molecule has 0 aromatic heterocycles. The van der Waals surface area contributed by atoms with Crippen molar-refractivity contribution in [3.05, 3.63) is 64.7 Å². The molecule has 0 aliphatic carbocycles. The van der Waals surface area contributed by atoms with Crippen LogP contribution in [0.25, 0.3) is 0 Å². The number of aliphatic carboxylic acids is 1. The van der Waals surface area contributed by atoms with E-state index in [9.17, 15) is 9.59 Å². The molecule has 0 heterocycles. The van der Waals surface area contributed by atoms with Crippen LogP contribution in [-0.2, 0) is 16.0 Å². The lowest BCUT2D eigenvalue weighted by Crippen LogP contribution is -2.26. The Labute approximate surface area is 151 Å². The molecule has 0 fully saturated rings. The lowest BCUT2D eigenvalue weighted by molar-refractivity contribution is -0.139. The summed E-state index contributed by atoms with van der Waals surface area (Å²) in [6.45, 7) is 1.52. The third-order valence-corrected chi connectivity index (χ3v) is 3.93. The second-order valence-electron chi connectivity index (χ2n) is 5.67. The molecule has 2 rings (SSSR count). The highest BCUT2D eigenvalue weighted by Crippen LogP contribution is 2.18. The first-order valence-electron chi connectivity index (χ1n) is 7.92. The van der Waals surface area contributed by atoms with Gasteiger partial charge >= 0.3 is 5.97 Å².